The smallest absolute Gasteiger partial charge is 0.164 e. The second-order valence-corrected chi connectivity index (χ2v) is 11.2. The highest BCUT2D eigenvalue weighted by Gasteiger charge is 2.19. The Balaban J connectivity index is 1.33. The van der Waals surface area contributed by atoms with E-state index in [9.17, 15) is 0 Å². The average molecular weight is 576 g/mol. The van der Waals surface area contributed by atoms with Gasteiger partial charge in [-0.25, -0.2) is 15.0 Å². The molecule has 4 heteroatoms. The molecule has 7 aromatic carbocycles. The Bertz CT molecular complexity index is 2540. The van der Waals surface area contributed by atoms with Crippen molar-refractivity contribution in [3.63, 3.8) is 0 Å². The van der Waals surface area contributed by atoms with Gasteiger partial charge in [0, 0.05) is 32.8 Å². The normalized spacial score (nSPS) is 11.6. The summed E-state index contributed by atoms with van der Waals surface area (Å²) in [6.45, 7) is 0. The second kappa shape index (κ2) is 10.2. The Morgan fingerprint density at radius 2 is 0.956 bits per heavy atom. The number of hydrogen-bond donors (Lipinski definition) is 0. The molecule has 0 unspecified atom stereocenters. The fourth-order valence-electron chi connectivity index (χ4n) is 6.44. The second-order valence-electron chi connectivity index (χ2n) is 11.2. The van der Waals surface area contributed by atoms with Crippen LogP contribution in [-0.4, -0.2) is 15.0 Å². The van der Waals surface area contributed by atoms with Crippen LogP contribution in [0, 0.1) is 0 Å². The first-order valence-corrected chi connectivity index (χ1v) is 15.0. The van der Waals surface area contributed by atoms with E-state index in [2.05, 4.69) is 97.1 Å². The average Bonchev–Trinajstić information content (AvgIpc) is 3.50. The van der Waals surface area contributed by atoms with Crippen molar-refractivity contribution in [2.24, 2.45) is 0 Å². The summed E-state index contributed by atoms with van der Waals surface area (Å²) in [7, 11) is 0. The first-order valence-electron chi connectivity index (χ1n) is 15.0. The van der Waals surface area contributed by atoms with Crippen LogP contribution in [0.15, 0.2) is 156 Å². The van der Waals surface area contributed by atoms with Gasteiger partial charge in [0.25, 0.3) is 0 Å². The lowest BCUT2D eigenvalue weighted by molar-refractivity contribution is 0.672. The molecule has 0 aliphatic carbocycles. The zero-order chi connectivity index (χ0) is 29.7. The maximum Gasteiger partial charge on any atom is 0.164 e. The van der Waals surface area contributed by atoms with Gasteiger partial charge in [-0.2, -0.15) is 0 Å². The van der Waals surface area contributed by atoms with Crippen LogP contribution in [0.2, 0.25) is 0 Å². The van der Waals surface area contributed by atoms with Gasteiger partial charge < -0.3 is 4.42 Å². The topological polar surface area (TPSA) is 51.8 Å². The van der Waals surface area contributed by atoms with Gasteiger partial charge in [-0.05, 0) is 45.5 Å². The van der Waals surface area contributed by atoms with Crippen molar-refractivity contribution in [1.82, 2.24) is 15.0 Å². The fourth-order valence-corrected chi connectivity index (χ4v) is 6.44. The third kappa shape index (κ3) is 4.19. The molecule has 0 atom stereocenters. The maximum atomic E-state index is 6.50. The van der Waals surface area contributed by atoms with Gasteiger partial charge in [0.15, 0.2) is 17.5 Å². The minimum Gasteiger partial charge on any atom is -0.455 e. The van der Waals surface area contributed by atoms with Gasteiger partial charge in [-0.1, -0.05) is 133 Å². The minimum absolute atomic E-state index is 0.605. The molecule has 9 rings (SSSR count). The molecule has 0 fully saturated rings. The molecule has 2 aromatic heterocycles. The SMILES string of the molecule is c1ccc(-c2nc(-c3ccc(-c4ccccc4)c4ccccc34)nc(-c3cccc4ccc5c6ccccc6oc5c34)n2)cc1. The number of benzene rings is 7. The van der Waals surface area contributed by atoms with Crippen LogP contribution < -0.4 is 0 Å². The molecule has 9 aromatic rings. The number of nitrogens with zero attached hydrogens (tertiary/aromatic N) is 3. The van der Waals surface area contributed by atoms with E-state index in [1.807, 2.05) is 54.6 Å². The van der Waals surface area contributed by atoms with Crippen molar-refractivity contribution in [3.05, 3.63) is 152 Å². The lowest BCUT2D eigenvalue weighted by atomic mass is 9.94. The van der Waals surface area contributed by atoms with Gasteiger partial charge >= 0.3 is 0 Å². The summed E-state index contributed by atoms with van der Waals surface area (Å²) in [5.41, 5.74) is 6.84. The van der Waals surface area contributed by atoms with Crippen LogP contribution in [0.4, 0.5) is 0 Å². The standard InChI is InChI=1S/C41H25N3O/c1-3-12-26(13-4-1)29-24-25-34(31-18-8-7-17-30(29)31)40-42-39(28-14-5-2-6-15-28)43-41(44-40)35-20-11-16-27-22-23-33-32-19-9-10-21-36(32)45-38(33)37(27)35/h1-25H. The Labute approximate surface area is 259 Å². The highest BCUT2D eigenvalue weighted by molar-refractivity contribution is 6.18. The zero-order valence-corrected chi connectivity index (χ0v) is 24.2. The summed E-state index contributed by atoms with van der Waals surface area (Å²) in [5.74, 6) is 1.86. The molecule has 0 radical (unpaired) electrons. The molecule has 0 aliphatic rings. The number of fused-ring (bicyclic) bond motifs is 6. The Hall–Kier alpha value is -6.13. The van der Waals surface area contributed by atoms with E-state index in [1.165, 1.54) is 11.1 Å². The van der Waals surface area contributed by atoms with Gasteiger partial charge in [0.2, 0.25) is 0 Å². The van der Waals surface area contributed by atoms with E-state index in [4.69, 9.17) is 19.4 Å². The van der Waals surface area contributed by atoms with E-state index in [0.717, 1.165) is 60.2 Å². The van der Waals surface area contributed by atoms with Crippen LogP contribution in [0.25, 0.3) is 88.8 Å². The largest absolute Gasteiger partial charge is 0.455 e. The first-order chi connectivity index (χ1) is 22.3. The summed E-state index contributed by atoms with van der Waals surface area (Å²) in [5, 5.41) is 6.47. The summed E-state index contributed by atoms with van der Waals surface area (Å²) in [6, 6.07) is 52.1. The number of furan rings is 1. The van der Waals surface area contributed by atoms with E-state index < -0.39 is 0 Å². The lowest BCUT2D eigenvalue weighted by Crippen LogP contribution is -2.01. The monoisotopic (exact) mass is 575 g/mol. The van der Waals surface area contributed by atoms with E-state index in [-0.39, 0.29) is 0 Å². The molecule has 0 bridgehead atoms. The zero-order valence-electron chi connectivity index (χ0n) is 24.2. The van der Waals surface area contributed by atoms with Crippen LogP contribution >= 0.6 is 0 Å². The molecule has 0 aliphatic heterocycles. The summed E-state index contributed by atoms with van der Waals surface area (Å²) >= 11 is 0. The molecular weight excluding hydrogens is 550 g/mol. The molecule has 210 valence electrons. The first kappa shape index (κ1) is 25.4. The van der Waals surface area contributed by atoms with Crippen molar-refractivity contribution in [2.45, 2.75) is 0 Å². The number of aromatic nitrogens is 3. The summed E-state index contributed by atoms with van der Waals surface area (Å²) in [4.78, 5) is 15.4. The molecule has 0 N–H and O–H groups in total. The van der Waals surface area contributed by atoms with Crippen LogP contribution in [0.5, 0.6) is 0 Å². The number of rotatable bonds is 4. The Morgan fingerprint density at radius 1 is 0.356 bits per heavy atom. The van der Waals surface area contributed by atoms with Crippen LogP contribution in [0.1, 0.15) is 0 Å². The highest BCUT2D eigenvalue weighted by atomic mass is 16.3. The quantitative estimate of drug-likeness (QED) is 0.209. The third-order valence-electron chi connectivity index (χ3n) is 8.55. The Morgan fingerprint density at radius 3 is 1.73 bits per heavy atom. The molecule has 0 saturated carbocycles. The number of hydrogen-bond acceptors (Lipinski definition) is 4. The molecule has 0 spiro atoms. The molecule has 45 heavy (non-hydrogen) atoms. The van der Waals surface area contributed by atoms with E-state index in [1.54, 1.807) is 0 Å². The van der Waals surface area contributed by atoms with Crippen molar-refractivity contribution in [2.75, 3.05) is 0 Å². The molecule has 0 saturated heterocycles. The van der Waals surface area contributed by atoms with Crippen molar-refractivity contribution >= 4 is 43.5 Å². The van der Waals surface area contributed by atoms with Gasteiger partial charge in [-0.15, -0.1) is 0 Å². The fraction of sp³-hybridized carbons (Fsp3) is 0. The van der Waals surface area contributed by atoms with Crippen molar-refractivity contribution < 1.29 is 4.42 Å². The van der Waals surface area contributed by atoms with Gasteiger partial charge in [-0.3, -0.25) is 0 Å². The van der Waals surface area contributed by atoms with Crippen molar-refractivity contribution in [1.29, 1.82) is 0 Å². The number of para-hydroxylation sites is 1. The predicted molar refractivity (Wildman–Crippen MR) is 184 cm³/mol. The lowest BCUT2D eigenvalue weighted by Gasteiger charge is -2.13. The van der Waals surface area contributed by atoms with Crippen molar-refractivity contribution in [3.8, 4) is 45.3 Å². The molecule has 0 amide bonds. The van der Waals surface area contributed by atoms with Gasteiger partial charge in [0.05, 0.1) is 0 Å². The maximum absolute atomic E-state index is 6.50. The predicted octanol–water partition coefficient (Wildman–Crippen LogP) is 10.7. The molecular formula is C41H25N3O. The summed E-state index contributed by atoms with van der Waals surface area (Å²) < 4.78 is 6.50. The van der Waals surface area contributed by atoms with Crippen LogP contribution in [-0.2, 0) is 0 Å². The minimum atomic E-state index is 0.605. The van der Waals surface area contributed by atoms with Crippen LogP contribution in [0.3, 0.4) is 0 Å². The Kier molecular flexibility index (Phi) is 5.78. The third-order valence-corrected chi connectivity index (χ3v) is 8.55. The molecule has 2 heterocycles. The van der Waals surface area contributed by atoms with E-state index >= 15 is 0 Å². The summed E-state index contributed by atoms with van der Waals surface area (Å²) in [6.07, 6.45) is 0. The highest BCUT2D eigenvalue weighted by Crippen LogP contribution is 2.40. The van der Waals surface area contributed by atoms with E-state index in [0.29, 0.717) is 17.5 Å². The van der Waals surface area contributed by atoms with Gasteiger partial charge in [0.1, 0.15) is 11.2 Å². The molecule has 4 nitrogen and oxygen atoms in total.